The first-order valence-electron chi connectivity index (χ1n) is 7.45. The molecule has 0 fully saturated rings. The summed E-state index contributed by atoms with van der Waals surface area (Å²) < 4.78 is 18.5. The largest absolute Gasteiger partial charge is 0.511 e. The molecule has 0 aromatic heterocycles. The van der Waals surface area contributed by atoms with Crippen molar-refractivity contribution < 1.29 is 48.3 Å². The van der Waals surface area contributed by atoms with Gasteiger partial charge in [0.1, 0.15) is 23.4 Å². The number of hydrogen-bond donors (Lipinski definition) is 2. The molecule has 0 amide bonds. The number of carbonyl (C=O) groups is 4. The molecule has 0 bridgehead atoms. The van der Waals surface area contributed by atoms with Gasteiger partial charge >= 0.3 is 23.9 Å². The van der Waals surface area contributed by atoms with Gasteiger partial charge in [-0.05, 0) is 0 Å². The van der Waals surface area contributed by atoms with Crippen molar-refractivity contribution in [3.63, 3.8) is 0 Å². The van der Waals surface area contributed by atoms with Crippen LogP contribution in [0, 0.1) is 23.7 Å². The minimum atomic E-state index is -1.50. The van der Waals surface area contributed by atoms with Crippen molar-refractivity contribution in [3.8, 4) is 0 Å². The minimum absolute atomic E-state index is 0.409. The fourth-order valence-electron chi connectivity index (χ4n) is 3.60. The third kappa shape index (κ3) is 2.57. The highest BCUT2D eigenvalue weighted by Crippen LogP contribution is 2.56. The van der Waals surface area contributed by atoms with E-state index in [1.54, 1.807) is 0 Å². The van der Waals surface area contributed by atoms with Gasteiger partial charge in [0.15, 0.2) is 0 Å². The summed E-state index contributed by atoms with van der Waals surface area (Å²) >= 11 is 0. The molecule has 0 spiro atoms. The zero-order chi connectivity index (χ0) is 19.8. The summed E-state index contributed by atoms with van der Waals surface area (Å²) in [6, 6.07) is 0. The number of methoxy groups -OCH3 is 4. The van der Waals surface area contributed by atoms with Crippen molar-refractivity contribution in [3.05, 3.63) is 22.7 Å². The van der Waals surface area contributed by atoms with E-state index in [9.17, 15) is 29.4 Å². The Kier molecular flexibility index (Phi) is 5.24. The highest BCUT2D eigenvalue weighted by atomic mass is 16.5. The maximum Gasteiger partial charge on any atom is 0.337 e. The first-order chi connectivity index (χ1) is 12.3. The molecule has 2 unspecified atom stereocenters. The van der Waals surface area contributed by atoms with E-state index in [2.05, 4.69) is 18.9 Å². The predicted molar refractivity (Wildman–Crippen MR) is 81.3 cm³/mol. The van der Waals surface area contributed by atoms with E-state index in [0.717, 1.165) is 28.4 Å². The number of hydrogen-bond acceptors (Lipinski definition) is 10. The summed E-state index contributed by atoms with van der Waals surface area (Å²) in [7, 11) is 4.18. The Morgan fingerprint density at radius 3 is 1.19 bits per heavy atom. The molecule has 2 aliphatic rings. The quantitative estimate of drug-likeness (QED) is 0.503. The highest BCUT2D eigenvalue weighted by Gasteiger charge is 2.63. The van der Waals surface area contributed by atoms with Crippen LogP contribution in [0.3, 0.4) is 0 Å². The second-order valence-corrected chi connectivity index (χ2v) is 5.63. The van der Waals surface area contributed by atoms with Gasteiger partial charge in [-0.15, -0.1) is 0 Å². The maximum atomic E-state index is 12.2. The van der Waals surface area contributed by atoms with Crippen LogP contribution in [-0.2, 0) is 38.1 Å². The molecule has 10 heteroatoms. The Morgan fingerprint density at radius 2 is 0.962 bits per heavy atom. The minimum Gasteiger partial charge on any atom is -0.511 e. The van der Waals surface area contributed by atoms with Crippen LogP contribution in [0.25, 0.3) is 0 Å². The fourth-order valence-corrected chi connectivity index (χ4v) is 3.60. The summed E-state index contributed by atoms with van der Waals surface area (Å²) in [6.45, 7) is 0. The Labute approximate surface area is 148 Å². The molecular formula is C16H18O10. The molecule has 0 aliphatic heterocycles. The number of fused-ring (bicyclic) bond motifs is 1. The zero-order valence-corrected chi connectivity index (χ0v) is 14.5. The zero-order valence-electron chi connectivity index (χ0n) is 14.5. The van der Waals surface area contributed by atoms with E-state index in [4.69, 9.17) is 0 Å². The third-order valence-electron chi connectivity index (χ3n) is 4.63. The van der Waals surface area contributed by atoms with Crippen LogP contribution in [0.15, 0.2) is 22.7 Å². The highest BCUT2D eigenvalue weighted by molar-refractivity contribution is 6.00. The van der Waals surface area contributed by atoms with Gasteiger partial charge in [0.25, 0.3) is 0 Å². The Bertz CT molecular complexity index is 669. The smallest absolute Gasteiger partial charge is 0.337 e. The average molecular weight is 370 g/mol. The molecular weight excluding hydrogens is 352 g/mol. The fraction of sp³-hybridized carbons (Fsp3) is 0.500. The van der Waals surface area contributed by atoms with Crippen molar-refractivity contribution in [2.75, 3.05) is 28.4 Å². The van der Waals surface area contributed by atoms with Crippen molar-refractivity contribution in [2.45, 2.75) is 0 Å². The summed E-state index contributed by atoms with van der Waals surface area (Å²) in [6.07, 6.45) is 0. The Balaban J connectivity index is 2.74. The number of esters is 4. The Morgan fingerprint density at radius 1 is 0.654 bits per heavy atom. The van der Waals surface area contributed by atoms with Gasteiger partial charge in [-0.1, -0.05) is 0 Å². The van der Waals surface area contributed by atoms with Crippen LogP contribution in [0.5, 0.6) is 0 Å². The van der Waals surface area contributed by atoms with Crippen molar-refractivity contribution >= 4 is 23.9 Å². The second kappa shape index (κ2) is 7.06. The third-order valence-corrected chi connectivity index (χ3v) is 4.63. The molecule has 26 heavy (non-hydrogen) atoms. The van der Waals surface area contributed by atoms with Gasteiger partial charge in [0.05, 0.1) is 39.6 Å². The first kappa shape index (κ1) is 19.3. The van der Waals surface area contributed by atoms with Gasteiger partial charge in [0.2, 0.25) is 0 Å². The van der Waals surface area contributed by atoms with Crippen LogP contribution in [0.2, 0.25) is 0 Å². The second-order valence-electron chi connectivity index (χ2n) is 5.63. The maximum absolute atomic E-state index is 12.2. The molecule has 4 atom stereocenters. The van der Waals surface area contributed by atoms with Crippen molar-refractivity contribution in [1.29, 1.82) is 0 Å². The number of ether oxygens (including phenoxy) is 4. The van der Waals surface area contributed by atoms with E-state index in [0.29, 0.717) is 0 Å². The molecule has 2 aliphatic carbocycles. The van der Waals surface area contributed by atoms with Gasteiger partial charge in [-0.2, -0.15) is 0 Å². The van der Waals surface area contributed by atoms with E-state index < -0.39 is 70.2 Å². The number of carbonyl (C=O) groups excluding carboxylic acids is 4. The van der Waals surface area contributed by atoms with Crippen LogP contribution in [0.1, 0.15) is 0 Å². The van der Waals surface area contributed by atoms with Crippen LogP contribution >= 0.6 is 0 Å². The molecule has 0 saturated heterocycles. The lowest BCUT2D eigenvalue weighted by atomic mass is 9.81. The predicted octanol–water partition coefficient (Wildman–Crippen LogP) is -0.205. The van der Waals surface area contributed by atoms with E-state index in [1.807, 2.05) is 0 Å². The van der Waals surface area contributed by atoms with Crippen molar-refractivity contribution in [2.24, 2.45) is 23.7 Å². The number of rotatable bonds is 4. The SMILES string of the molecule is COC(=O)C1=C(O)C(C(=O)OC)[C@@H]2C(C(=O)OC)=C(O)C(C(=O)OC)[C@@H]12. The molecule has 10 nitrogen and oxygen atoms in total. The van der Waals surface area contributed by atoms with Gasteiger partial charge in [0, 0.05) is 11.8 Å². The molecule has 0 saturated carbocycles. The normalized spacial score (nSPS) is 27.1. The van der Waals surface area contributed by atoms with Crippen molar-refractivity contribution in [1.82, 2.24) is 0 Å². The lowest BCUT2D eigenvalue weighted by molar-refractivity contribution is -0.150. The summed E-state index contributed by atoms with van der Waals surface area (Å²) in [5, 5.41) is 20.9. The van der Waals surface area contributed by atoms with E-state index in [1.165, 1.54) is 0 Å². The first-order valence-corrected chi connectivity index (χ1v) is 7.45. The van der Waals surface area contributed by atoms with Gasteiger partial charge in [-0.3, -0.25) is 9.59 Å². The average Bonchev–Trinajstić information content (AvgIpc) is 3.08. The summed E-state index contributed by atoms with van der Waals surface area (Å²) in [5.74, 6) is -10.8. The molecule has 0 radical (unpaired) electrons. The van der Waals surface area contributed by atoms with Crippen LogP contribution in [-0.4, -0.2) is 62.5 Å². The molecule has 0 heterocycles. The summed E-state index contributed by atoms with van der Waals surface area (Å²) in [5.41, 5.74) is -0.817. The van der Waals surface area contributed by atoms with Gasteiger partial charge < -0.3 is 29.2 Å². The van der Waals surface area contributed by atoms with E-state index in [-0.39, 0.29) is 0 Å². The molecule has 0 aromatic carbocycles. The molecule has 2 N–H and O–H groups in total. The summed E-state index contributed by atoms with van der Waals surface area (Å²) in [4.78, 5) is 48.7. The Hall–Kier alpha value is -3.04. The molecule has 0 aromatic rings. The lowest BCUT2D eigenvalue weighted by Crippen LogP contribution is -2.32. The van der Waals surface area contributed by atoms with Gasteiger partial charge in [-0.25, -0.2) is 9.59 Å². The standard InChI is InChI=1S/C16H18O10/c1-23-13(19)7-5-6(9(11(7)17)15(21)25-3)10(16(22)26-4)12(18)8(5)14(20)24-2/h5-7,10,17-18H,1-4H3/t5-,6-,7?,10?. The monoisotopic (exact) mass is 370 g/mol. The topological polar surface area (TPSA) is 146 Å². The number of aliphatic hydroxyl groups is 2. The molecule has 142 valence electrons. The van der Waals surface area contributed by atoms with Crippen LogP contribution in [0.4, 0.5) is 0 Å². The van der Waals surface area contributed by atoms with Crippen LogP contribution < -0.4 is 0 Å². The lowest BCUT2D eigenvalue weighted by Gasteiger charge is -2.21. The molecule has 2 rings (SSSR count). The van der Waals surface area contributed by atoms with E-state index >= 15 is 0 Å². The number of aliphatic hydroxyl groups excluding tert-OH is 2.